The molecule has 0 radical (unpaired) electrons. The Hall–Kier alpha value is -1.17. The third-order valence-corrected chi connectivity index (χ3v) is 3.27. The molecule has 5 heteroatoms. The zero-order chi connectivity index (χ0) is 12.0. The van der Waals surface area contributed by atoms with Crippen LogP contribution in [0.2, 0.25) is 0 Å². The van der Waals surface area contributed by atoms with Crippen molar-refractivity contribution in [2.45, 2.75) is 13.2 Å². The standard InChI is InChI=1S/C11H15NO3S/c1-2-6-16(14,15)12-8-10-4-3-5-11(7-10)9-13/h2-5,7,12-13H,1,6,8-9H2. The molecule has 0 saturated heterocycles. The Kier molecular flexibility index (Phi) is 4.67. The van der Waals surface area contributed by atoms with Crippen molar-refractivity contribution in [1.29, 1.82) is 0 Å². The van der Waals surface area contributed by atoms with Crippen LogP contribution in [-0.4, -0.2) is 19.3 Å². The van der Waals surface area contributed by atoms with E-state index in [0.717, 1.165) is 11.1 Å². The Morgan fingerprint density at radius 2 is 2.06 bits per heavy atom. The van der Waals surface area contributed by atoms with Crippen LogP contribution in [0.15, 0.2) is 36.9 Å². The van der Waals surface area contributed by atoms with Crippen LogP contribution in [0.1, 0.15) is 11.1 Å². The van der Waals surface area contributed by atoms with E-state index in [2.05, 4.69) is 11.3 Å². The first kappa shape index (κ1) is 12.9. The van der Waals surface area contributed by atoms with Gasteiger partial charge in [0.15, 0.2) is 0 Å². The largest absolute Gasteiger partial charge is 0.392 e. The lowest BCUT2D eigenvalue weighted by molar-refractivity contribution is 0.281. The minimum atomic E-state index is -3.28. The second-order valence-electron chi connectivity index (χ2n) is 3.37. The molecule has 0 unspecified atom stereocenters. The topological polar surface area (TPSA) is 66.4 Å². The number of nitrogens with one attached hydrogen (secondary N) is 1. The highest BCUT2D eigenvalue weighted by molar-refractivity contribution is 7.89. The summed E-state index contributed by atoms with van der Waals surface area (Å²) in [6, 6.07) is 7.12. The van der Waals surface area contributed by atoms with Gasteiger partial charge in [0.25, 0.3) is 0 Å². The van der Waals surface area contributed by atoms with E-state index in [1.807, 2.05) is 0 Å². The molecule has 1 rings (SSSR count). The molecular formula is C11H15NO3S. The maximum atomic E-state index is 11.3. The summed E-state index contributed by atoms with van der Waals surface area (Å²) in [4.78, 5) is 0. The monoisotopic (exact) mass is 241 g/mol. The molecular weight excluding hydrogens is 226 g/mol. The van der Waals surface area contributed by atoms with Gasteiger partial charge in [-0.2, -0.15) is 0 Å². The van der Waals surface area contributed by atoms with E-state index in [9.17, 15) is 8.42 Å². The Morgan fingerprint density at radius 3 is 2.69 bits per heavy atom. The minimum Gasteiger partial charge on any atom is -0.392 e. The summed E-state index contributed by atoms with van der Waals surface area (Å²) < 4.78 is 25.1. The Morgan fingerprint density at radius 1 is 1.38 bits per heavy atom. The SMILES string of the molecule is C=CCS(=O)(=O)NCc1cccc(CO)c1. The molecule has 0 heterocycles. The van der Waals surface area contributed by atoms with E-state index in [0.29, 0.717) is 0 Å². The van der Waals surface area contributed by atoms with E-state index in [1.165, 1.54) is 6.08 Å². The van der Waals surface area contributed by atoms with Gasteiger partial charge < -0.3 is 5.11 Å². The summed E-state index contributed by atoms with van der Waals surface area (Å²) in [5.74, 6) is -0.0906. The average molecular weight is 241 g/mol. The summed E-state index contributed by atoms with van der Waals surface area (Å²) in [6.07, 6.45) is 1.34. The number of aliphatic hydroxyl groups excluding tert-OH is 1. The lowest BCUT2D eigenvalue weighted by atomic mass is 10.1. The lowest BCUT2D eigenvalue weighted by Crippen LogP contribution is -2.25. The molecule has 0 saturated carbocycles. The summed E-state index contributed by atoms with van der Waals surface area (Å²) in [5.41, 5.74) is 1.58. The Balaban J connectivity index is 2.64. The van der Waals surface area contributed by atoms with Crippen molar-refractivity contribution in [2.24, 2.45) is 0 Å². The highest BCUT2D eigenvalue weighted by atomic mass is 32.2. The zero-order valence-corrected chi connectivity index (χ0v) is 9.70. The highest BCUT2D eigenvalue weighted by Gasteiger charge is 2.06. The second-order valence-corrected chi connectivity index (χ2v) is 5.22. The van der Waals surface area contributed by atoms with Gasteiger partial charge in [0.05, 0.1) is 12.4 Å². The molecule has 1 aromatic rings. The number of hydrogen-bond donors (Lipinski definition) is 2. The fraction of sp³-hybridized carbons (Fsp3) is 0.273. The number of rotatable bonds is 6. The van der Waals surface area contributed by atoms with Crippen LogP contribution in [0, 0.1) is 0 Å². The van der Waals surface area contributed by atoms with Crippen molar-refractivity contribution in [3.8, 4) is 0 Å². The van der Waals surface area contributed by atoms with Crippen LogP contribution < -0.4 is 4.72 Å². The molecule has 0 aromatic heterocycles. The number of aliphatic hydroxyl groups is 1. The van der Waals surface area contributed by atoms with Gasteiger partial charge in [0.2, 0.25) is 10.0 Å². The van der Waals surface area contributed by atoms with Crippen LogP contribution in [0.5, 0.6) is 0 Å². The summed E-state index contributed by atoms with van der Waals surface area (Å²) >= 11 is 0. The summed E-state index contributed by atoms with van der Waals surface area (Å²) in [7, 11) is -3.28. The Labute approximate surface area is 95.7 Å². The quantitative estimate of drug-likeness (QED) is 0.723. The number of benzene rings is 1. The number of sulfonamides is 1. The van der Waals surface area contributed by atoms with Crippen molar-refractivity contribution in [1.82, 2.24) is 4.72 Å². The zero-order valence-electron chi connectivity index (χ0n) is 8.89. The average Bonchev–Trinajstić information content (AvgIpc) is 2.27. The maximum Gasteiger partial charge on any atom is 0.215 e. The molecule has 16 heavy (non-hydrogen) atoms. The number of hydrogen-bond acceptors (Lipinski definition) is 3. The molecule has 4 nitrogen and oxygen atoms in total. The van der Waals surface area contributed by atoms with Crippen LogP contribution in [0.25, 0.3) is 0 Å². The first-order valence-electron chi connectivity index (χ1n) is 4.84. The highest BCUT2D eigenvalue weighted by Crippen LogP contribution is 2.05. The Bertz CT molecular complexity index is 454. The first-order valence-corrected chi connectivity index (χ1v) is 6.49. The van der Waals surface area contributed by atoms with Crippen LogP contribution in [0.4, 0.5) is 0 Å². The minimum absolute atomic E-state index is 0.0484. The molecule has 0 fully saturated rings. The molecule has 0 aliphatic rings. The molecule has 1 aromatic carbocycles. The summed E-state index contributed by atoms with van der Waals surface area (Å²) in [5, 5.41) is 8.92. The van der Waals surface area contributed by atoms with E-state index in [4.69, 9.17) is 5.11 Å². The van der Waals surface area contributed by atoms with Gasteiger partial charge in [-0.25, -0.2) is 13.1 Å². The lowest BCUT2D eigenvalue weighted by Gasteiger charge is -2.05. The maximum absolute atomic E-state index is 11.3. The van der Waals surface area contributed by atoms with Crippen molar-refractivity contribution in [3.05, 3.63) is 48.0 Å². The van der Waals surface area contributed by atoms with E-state index >= 15 is 0 Å². The molecule has 0 spiro atoms. The fourth-order valence-corrected chi connectivity index (χ4v) is 2.06. The van der Waals surface area contributed by atoms with Crippen LogP contribution in [0.3, 0.4) is 0 Å². The second kappa shape index (κ2) is 5.79. The van der Waals surface area contributed by atoms with Gasteiger partial charge >= 0.3 is 0 Å². The molecule has 0 bridgehead atoms. The van der Waals surface area contributed by atoms with Gasteiger partial charge in [-0.15, -0.1) is 6.58 Å². The normalized spacial score (nSPS) is 11.3. The predicted octanol–water partition coefficient (Wildman–Crippen LogP) is 0.784. The van der Waals surface area contributed by atoms with Crippen LogP contribution >= 0.6 is 0 Å². The van der Waals surface area contributed by atoms with E-state index in [1.54, 1.807) is 24.3 Å². The fourth-order valence-electron chi connectivity index (χ4n) is 1.25. The van der Waals surface area contributed by atoms with Crippen molar-refractivity contribution < 1.29 is 13.5 Å². The molecule has 0 aliphatic heterocycles. The van der Waals surface area contributed by atoms with Crippen molar-refractivity contribution in [3.63, 3.8) is 0 Å². The van der Waals surface area contributed by atoms with Gasteiger partial charge in [-0.1, -0.05) is 30.3 Å². The first-order chi connectivity index (χ1) is 7.57. The molecule has 88 valence electrons. The van der Waals surface area contributed by atoms with E-state index < -0.39 is 10.0 Å². The van der Waals surface area contributed by atoms with Gasteiger partial charge in [-0.3, -0.25) is 0 Å². The van der Waals surface area contributed by atoms with Crippen molar-refractivity contribution in [2.75, 3.05) is 5.75 Å². The molecule has 2 N–H and O–H groups in total. The smallest absolute Gasteiger partial charge is 0.215 e. The van der Waals surface area contributed by atoms with Gasteiger partial charge in [-0.05, 0) is 11.1 Å². The van der Waals surface area contributed by atoms with Crippen molar-refractivity contribution >= 4 is 10.0 Å². The molecule has 0 amide bonds. The van der Waals surface area contributed by atoms with E-state index in [-0.39, 0.29) is 18.9 Å². The van der Waals surface area contributed by atoms with Crippen LogP contribution in [-0.2, 0) is 23.2 Å². The van der Waals surface area contributed by atoms with Gasteiger partial charge in [0.1, 0.15) is 0 Å². The third-order valence-electron chi connectivity index (χ3n) is 2.01. The predicted molar refractivity (Wildman–Crippen MR) is 63.2 cm³/mol. The van der Waals surface area contributed by atoms with Gasteiger partial charge in [0, 0.05) is 6.54 Å². The molecule has 0 atom stereocenters. The third kappa shape index (κ3) is 4.14. The molecule has 0 aliphatic carbocycles. The summed E-state index contributed by atoms with van der Waals surface area (Å²) in [6.45, 7) is 3.55.